The lowest BCUT2D eigenvalue weighted by Crippen LogP contribution is -2.40. The molecule has 1 heterocycles. The predicted molar refractivity (Wildman–Crippen MR) is 86.6 cm³/mol. The number of nitrogens with zero attached hydrogens (tertiary/aromatic N) is 2. The SMILES string of the molecule is O=[N+]([O-])c1cc(Br)ccc1NC1CCN(CC2CC2)CC1. The maximum atomic E-state index is 11.1. The van der Waals surface area contributed by atoms with Gasteiger partial charge in [-0.1, -0.05) is 15.9 Å². The standard InChI is InChI=1S/C15H20BrN3O2/c16-12-3-4-14(15(9-12)19(20)21)17-13-5-7-18(8-6-13)10-11-1-2-11/h3-4,9,11,13,17H,1-2,5-8,10H2. The van der Waals surface area contributed by atoms with Gasteiger partial charge in [0.25, 0.3) is 5.69 Å². The van der Waals surface area contributed by atoms with Crippen LogP contribution in [0.2, 0.25) is 0 Å². The van der Waals surface area contributed by atoms with Crippen LogP contribution in [0.5, 0.6) is 0 Å². The molecule has 5 nitrogen and oxygen atoms in total. The van der Waals surface area contributed by atoms with E-state index in [1.165, 1.54) is 19.4 Å². The van der Waals surface area contributed by atoms with E-state index in [-0.39, 0.29) is 10.6 Å². The summed E-state index contributed by atoms with van der Waals surface area (Å²) >= 11 is 3.29. The van der Waals surface area contributed by atoms with Gasteiger partial charge in [-0.05, 0) is 43.7 Å². The summed E-state index contributed by atoms with van der Waals surface area (Å²) in [7, 11) is 0. The second-order valence-electron chi connectivity index (χ2n) is 6.08. The van der Waals surface area contributed by atoms with E-state index < -0.39 is 0 Å². The molecule has 2 aliphatic rings. The third-order valence-electron chi connectivity index (χ3n) is 4.32. The molecule has 0 atom stereocenters. The molecule has 2 fully saturated rings. The molecule has 0 amide bonds. The Kier molecular flexibility index (Phi) is 4.45. The van der Waals surface area contributed by atoms with Gasteiger partial charge in [0.15, 0.2) is 0 Å². The zero-order chi connectivity index (χ0) is 14.8. The van der Waals surface area contributed by atoms with Crippen molar-refractivity contribution in [1.82, 2.24) is 4.90 Å². The highest BCUT2D eigenvalue weighted by Crippen LogP contribution is 2.32. The molecule has 1 aromatic carbocycles. The normalized spacial score (nSPS) is 20.4. The van der Waals surface area contributed by atoms with Crippen molar-refractivity contribution in [3.63, 3.8) is 0 Å². The number of halogens is 1. The lowest BCUT2D eigenvalue weighted by Gasteiger charge is -2.32. The number of nitrogens with one attached hydrogen (secondary N) is 1. The van der Waals surface area contributed by atoms with Gasteiger partial charge in [0.05, 0.1) is 4.92 Å². The summed E-state index contributed by atoms with van der Waals surface area (Å²) in [5, 5.41) is 14.5. The van der Waals surface area contributed by atoms with Crippen LogP contribution < -0.4 is 5.32 Å². The van der Waals surface area contributed by atoms with E-state index in [1.807, 2.05) is 6.07 Å². The Balaban J connectivity index is 1.58. The summed E-state index contributed by atoms with van der Waals surface area (Å²) in [6.45, 7) is 3.43. The van der Waals surface area contributed by atoms with Gasteiger partial charge in [0.2, 0.25) is 0 Å². The quantitative estimate of drug-likeness (QED) is 0.648. The second kappa shape index (κ2) is 6.32. The molecule has 1 aromatic rings. The molecule has 0 radical (unpaired) electrons. The fourth-order valence-electron chi connectivity index (χ4n) is 2.92. The first-order valence-corrected chi connectivity index (χ1v) is 8.34. The minimum absolute atomic E-state index is 0.143. The molecular weight excluding hydrogens is 334 g/mol. The van der Waals surface area contributed by atoms with Crippen molar-refractivity contribution in [3.05, 3.63) is 32.8 Å². The van der Waals surface area contributed by atoms with Crippen molar-refractivity contribution in [2.75, 3.05) is 25.0 Å². The Hall–Kier alpha value is -1.14. The van der Waals surface area contributed by atoms with Gasteiger partial charge in [0, 0.05) is 36.2 Å². The molecule has 1 aliphatic heterocycles. The lowest BCUT2D eigenvalue weighted by molar-refractivity contribution is -0.384. The van der Waals surface area contributed by atoms with Crippen LogP contribution in [0.15, 0.2) is 22.7 Å². The van der Waals surface area contributed by atoms with E-state index in [4.69, 9.17) is 0 Å². The van der Waals surface area contributed by atoms with Crippen LogP contribution in [0.25, 0.3) is 0 Å². The second-order valence-corrected chi connectivity index (χ2v) is 7.00. The largest absolute Gasteiger partial charge is 0.377 e. The third kappa shape index (κ3) is 3.95. The number of likely N-dealkylation sites (tertiary alicyclic amines) is 1. The molecule has 1 aliphatic carbocycles. The number of hydrogen-bond acceptors (Lipinski definition) is 4. The summed E-state index contributed by atoms with van der Waals surface area (Å²) in [6.07, 6.45) is 4.90. The fourth-order valence-corrected chi connectivity index (χ4v) is 3.27. The summed E-state index contributed by atoms with van der Waals surface area (Å²) in [5.74, 6) is 0.932. The van der Waals surface area contributed by atoms with Crippen molar-refractivity contribution in [3.8, 4) is 0 Å². The van der Waals surface area contributed by atoms with Gasteiger partial charge in [-0.2, -0.15) is 0 Å². The highest BCUT2D eigenvalue weighted by atomic mass is 79.9. The van der Waals surface area contributed by atoms with Crippen LogP contribution in [-0.2, 0) is 0 Å². The van der Waals surface area contributed by atoms with Gasteiger partial charge in [0.1, 0.15) is 5.69 Å². The Labute approximate surface area is 133 Å². The zero-order valence-electron chi connectivity index (χ0n) is 11.9. The fraction of sp³-hybridized carbons (Fsp3) is 0.600. The van der Waals surface area contributed by atoms with Crippen molar-refractivity contribution in [2.45, 2.75) is 31.7 Å². The summed E-state index contributed by atoms with van der Waals surface area (Å²) in [4.78, 5) is 13.3. The van der Waals surface area contributed by atoms with E-state index in [2.05, 4.69) is 26.1 Å². The molecule has 3 rings (SSSR count). The van der Waals surface area contributed by atoms with E-state index in [9.17, 15) is 10.1 Å². The third-order valence-corrected chi connectivity index (χ3v) is 4.81. The minimum atomic E-state index is -0.324. The maximum absolute atomic E-state index is 11.1. The molecule has 1 saturated carbocycles. The average Bonchev–Trinajstić information content (AvgIpc) is 3.27. The number of nitro groups is 1. The molecule has 0 spiro atoms. The molecular formula is C15H20BrN3O2. The highest BCUT2D eigenvalue weighted by Gasteiger charge is 2.27. The van der Waals surface area contributed by atoms with Crippen LogP contribution in [-0.4, -0.2) is 35.5 Å². The van der Waals surface area contributed by atoms with Crippen molar-refractivity contribution < 1.29 is 4.92 Å². The van der Waals surface area contributed by atoms with Gasteiger partial charge in [-0.3, -0.25) is 10.1 Å². The maximum Gasteiger partial charge on any atom is 0.293 e. The summed E-state index contributed by atoms with van der Waals surface area (Å²) in [6, 6.07) is 5.53. The zero-order valence-corrected chi connectivity index (χ0v) is 13.5. The molecule has 0 bridgehead atoms. The van der Waals surface area contributed by atoms with Gasteiger partial charge >= 0.3 is 0 Å². The van der Waals surface area contributed by atoms with E-state index in [0.717, 1.165) is 36.3 Å². The highest BCUT2D eigenvalue weighted by molar-refractivity contribution is 9.10. The monoisotopic (exact) mass is 353 g/mol. The number of rotatable bonds is 5. The number of piperidine rings is 1. The van der Waals surface area contributed by atoms with Crippen molar-refractivity contribution in [2.24, 2.45) is 5.92 Å². The first-order chi connectivity index (χ1) is 10.1. The first kappa shape index (κ1) is 14.8. The number of hydrogen-bond donors (Lipinski definition) is 1. The van der Waals surface area contributed by atoms with E-state index in [0.29, 0.717) is 11.7 Å². The van der Waals surface area contributed by atoms with E-state index >= 15 is 0 Å². The van der Waals surface area contributed by atoms with Crippen LogP contribution in [0, 0.1) is 16.0 Å². The van der Waals surface area contributed by atoms with Gasteiger partial charge in [-0.25, -0.2) is 0 Å². The van der Waals surface area contributed by atoms with Crippen molar-refractivity contribution >= 4 is 27.3 Å². The molecule has 1 N–H and O–H groups in total. The first-order valence-electron chi connectivity index (χ1n) is 7.54. The summed E-state index contributed by atoms with van der Waals surface area (Å²) < 4.78 is 0.735. The van der Waals surface area contributed by atoms with Gasteiger partial charge in [-0.15, -0.1) is 0 Å². The molecule has 0 unspecified atom stereocenters. The van der Waals surface area contributed by atoms with Crippen LogP contribution in [0.3, 0.4) is 0 Å². The topological polar surface area (TPSA) is 58.4 Å². The Morgan fingerprint density at radius 3 is 2.62 bits per heavy atom. The van der Waals surface area contributed by atoms with E-state index in [1.54, 1.807) is 12.1 Å². The lowest BCUT2D eigenvalue weighted by atomic mass is 10.0. The molecule has 0 aromatic heterocycles. The average molecular weight is 354 g/mol. The number of benzene rings is 1. The number of anilines is 1. The molecule has 21 heavy (non-hydrogen) atoms. The molecule has 1 saturated heterocycles. The predicted octanol–water partition coefficient (Wildman–Crippen LogP) is 3.64. The molecule has 6 heteroatoms. The van der Waals surface area contributed by atoms with Crippen LogP contribution >= 0.6 is 15.9 Å². The van der Waals surface area contributed by atoms with Crippen molar-refractivity contribution in [1.29, 1.82) is 0 Å². The Morgan fingerprint density at radius 2 is 2.00 bits per heavy atom. The number of nitro benzene ring substituents is 1. The Morgan fingerprint density at radius 1 is 1.29 bits per heavy atom. The smallest absolute Gasteiger partial charge is 0.293 e. The van der Waals surface area contributed by atoms with Gasteiger partial charge < -0.3 is 10.2 Å². The van der Waals surface area contributed by atoms with Crippen LogP contribution in [0.4, 0.5) is 11.4 Å². The molecule has 114 valence electrons. The minimum Gasteiger partial charge on any atom is -0.377 e. The summed E-state index contributed by atoms with van der Waals surface area (Å²) in [5.41, 5.74) is 0.772. The van der Waals surface area contributed by atoms with Crippen LogP contribution in [0.1, 0.15) is 25.7 Å². The Bertz CT molecular complexity index is 526.